The Morgan fingerprint density at radius 2 is 2.17 bits per heavy atom. The SMILES string of the molecule is Cc1nc(Cn2cnc(CNC(C)(C)C)n2)cs1. The molecule has 2 heterocycles. The van der Waals surface area contributed by atoms with E-state index in [4.69, 9.17) is 0 Å². The van der Waals surface area contributed by atoms with Crippen LogP contribution in [-0.4, -0.2) is 25.3 Å². The number of aryl methyl sites for hydroxylation is 1. The molecule has 1 N–H and O–H groups in total. The Bertz CT molecular complexity index is 509. The van der Waals surface area contributed by atoms with E-state index >= 15 is 0 Å². The smallest absolute Gasteiger partial charge is 0.164 e. The minimum absolute atomic E-state index is 0.0808. The minimum atomic E-state index is 0.0808. The molecule has 0 saturated heterocycles. The predicted octanol–water partition coefficient (Wildman–Crippen LogP) is 1.98. The number of nitrogens with zero attached hydrogens (tertiary/aromatic N) is 4. The van der Waals surface area contributed by atoms with Crippen molar-refractivity contribution in [3.8, 4) is 0 Å². The monoisotopic (exact) mass is 265 g/mol. The summed E-state index contributed by atoms with van der Waals surface area (Å²) in [5.41, 5.74) is 1.12. The van der Waals surface area contributed by atoms with Crippen molar-refractivity contribution in [1.82, 2.24) is 25.1 Å². The topological polar surface area (TPSA) is 55.6 Å². The van der Waals surface area contributed by atoms with Gasteiger partial charge >= 0.3 is 0 Å². The lowest BCUT2D eigenvalue weighted by atomic mass is 10.1. The fourth-order valence-electron chi connectivity index (χ4n) is 1.48. The van der Waals surface area contributed by atoms with E-state index in [9.17, 15) is 0 Å². The number of hydrogen-bond acceptors (Lipinski definition) is 5. The third-order valence-electron chi connectivity index (χ3n) is 2.35. The fraction of sp³-hybridized carbons (Fsp3) is 0.583. The van der Waals surface area contributed by atoms with Gasteiger partial charge in [0.25, 0.3) is 0 Å². The Morgan fingerprint density at radius 1 is 1.39 bits per heavy atom. The summed E-state index contributed by atoms with van der Waals surface area (Å²) in [4.78, 5) is 8.70. The van der Waals surface area contributed by atoms with E-state index in [-0.39, 0.29) is 5.54 Å². The molecule has 0 radical (unpaired) electrons. The molecule has 0 bridgehead atoms. The maximum atomic E-state index is 4.43. The first-order chi connectivity index (χ1) is 8.42. The molecular weight excluding hydrogens is 246 g/mol. The quantitative estimate of drug-likeness (QED) is 0.918. The molecule has 0 fully saturated rings. The Labute approximate surface area is 111 Å². The van der Waals surface area contributed by atoms with E-state index in [1.165, 1.54) is 0 Å². The first-order valence-electron chi connectivity index (χ1n) is 5.97. The molecule has 0 aliphatic rings. The van der Waals surface area contributed by atoms with Gasteiger partial charge in [0.15, 0.2) is 5.82 Å². The molecular formula is C12H19N5S. The van der Waals surface area contributed by atoms with Gasteiger partial charge < -0.3 is 5.32 Å². The summed E-state index contributed by atoms with van der Waals surface area (Å²) >= 11 is 1.66. The first kappa shape index (κ1) is 13.2. The highest BCUT2D eigenvalue weighted by Gasteiger charge is 2.10. The molecule has 0 aromatic carbocycles. The van der Waals surface area contributed by atoms with Crippen molar-refractivity contribution in [2.24, 2.45) is 0 Å². The van der Waals surface area contributed by atoms with Crippen molar-refractivity contribution in [3.63, 3.8) is 0 Å². The molecule has 2 aromatic heterocycles. The molecule has 18 heavy (non-hydrogen) atoms. The summed E-state index contributed by atoms with van der Waals surface area (Å²) < 4.78 is 1.83. The first-order valence-corrected chi connectivity index (χ1v) is 6.85. The summed E-state index contributed by atoms with van der Waals surface area (Å²) in [6.45, 7) is 9.76. The van der Waals surface area contributed by atoms with Crippen molar-refractivity contribution in [2.45, 2.75) is 46.3 Å². The highest BCUT2D eigenvalue weighted by atomic mass is 32.1. The molecule has 5 nitrogen and oxygen atoms in total. The van der Waals surface area contributed by atoms with Gasteiger partial charge in [-0.25, -0.2) is 14.6 Å². The van der Waals surface area contributed by atoms with Crippen LogP contribution in [-0.2, 0) is 13.1 Å². The number of aromatic nitrogens is 4. The van der Waals surface area contributed by atoms with Crippen molar-refractivity contribution in [1.29, 1.82) is 0 Å². The molecule has 0 aliphatic heterocycles. The summed E-state index contributed by atoms with van der Waals surface area (Å²) in [5.74, 6) is 0.817. The number of nitrogens with one attached hydrogen (secondary N) is 1. The van der Waals surface area contributed by atoms with Crippen LogP contribution in [0.1, 0.15) is 37.3 Å². The van der Waals surface area contributed by atoms with Gasteiger partial charge in [0, 0.05) is 10.9 Å². The maximum Gasteiger partial charge on any atom is 0.164 e. The third kappa shape index (κ3) is 3.89. The lowest BCUT2D eigenvalue weighted by Gasteiger charge is -2.19. The Hall–Kier alpha value is -1.27. The molecule has 6 heteroatoms. The molecule has 0 unspecified atom stereocenters. The maximum absolute atomic E-state index is 4.43. The van der Waals surface area contributed by atoms with E-state index < -0.39 is 0 Å². The highest BCUT2D eigenvalue weighted by molar-refractivity contribution is 7.09. The second kappa shape index (κ2) is 5.16. The standard InChI is InChI=1S/C12H19N5S/c1-9-15-10(7-18-9)6-17-8-13-11(16-17)5-14-12(2,3)4/h7-8,14H,5-6H2,1-4H3. The molecule has 0 amide bonds. The summed E-state index contributed by atoms with van der Waals surface area (Å²) in [6, 6.07) is 0. The van der Waals surface area contributed by atoms with E-state index in [0.29, 0.717) is 13.1 Å². The number of thiazole rings is 1. The highest BCUT2D eigenvalue weighted by Crippen LogP contribution is 2.09. The summed E-state index contributed by atoms with van der Waals surface area (Å²) in [7, 11) is 0. The Kier molecular flexibility index (Phi) is 3.77. The number of hydrogen-bond donors (Lipinski definition) is 1. The minimum Gasteiger partial charge on any atom is -0.305 e. The van der Waals surface area contributed by atoms with Crippen molar-refractivity contribution >= 4 is 11.3 Å². The van der Waals surface area contributed by atoms with Gasteiger partial charge in [0.1, 0.15) is 6.33 Å². The van der Waals surface area contributed by atoms with Gasteiger partial charge in [-0.3, -0.25) is 0 Å². The zero-order valence-electron chi connectivity index (χ0n) is 11.3. The zero-order chi connectivity index (χ0) is 13.2. The zero-order valence-corrected chi connectivity index (χ0v) is 12.1. The van der Waals surface area contributed by atoms with Crippen LogP contribution < -0.4 is 5.32 Å². The molecule has 0 saturated carbocycles. The van der Waals surface area contributed by atoms with Crippen LogP contribution >= 0.6 is 11.3 Å². The normalized spacial score (nSPS) is 12.0. The second-order valence-electron chi connectivity index (χ2n) is 5.32. The molecule has 0 spiro atoms. The molecule has 98 valence electrons. The van der Waals surface area contributed by atoms with Gasteiger partial charge in [-0.2, -0.15) is 5.10 Å². The molecule has 2 aromatic rings. The van der Waals surface area contributed by atoms with Crippen LogP contribution in [0.3, 0.4) is 0 Å². The number of rotatable bonds is 4. The van der Waals surface area contributed by atoms with Crippen LogP contribution in [0.15, 0.2) is 11.7 Å². The van der Waals surface area contributed by atoms with E-state index in [1.54, 1.807) is 17.7 Å². The van der Waals surface area contributed by atoms with Crippen LogP contribution in [0, 0.1) is 6.92 Å². The lowest BCUT2D eigenvalue weighted by Crippen LogP contribution is -2.35. The predicted molar refractivity (Wildman–Crippen MR) is 72.6 cm³/mol. The summed E-state index contributed by atoms with van der Waals surface area (Å²) in [6.07, 6.45) is 1.76. The van der Waals surface area contributed by atoms with Crippen molar-refractivity contribution in [3.05, 3.63) is 28.2 Å². The lowest BCUT2D eigenvalue weighted by molar-refractivity contribution is 0.417. The van der Waals surface area contributed by atoms with E-state index in [0.717, 1.165) is 16.5 Å². The van der Waals surface area contributed by atoms with Crippen LogP contribution in [0.4, 0.5) is 0 Å². The Morgan fingerprint density at radius 3 is 2.78 bits per heavy atom. The average molecular weight is 265 g/mol. The molecule has 0 aliphatic carbocycles. The van der Waals surface area contributed by atoms with Gasteiger partial charge in [0.05, 0.1) is 23.8 Å². The molecule has 2 rings (SSSR count). The van der Waals surface area contributed by atoms with Crippen LogP contribution in [0.2, 0.25) is 0 Å². The van der Waals surface area contributed by atoms with E-state index in [2.05, 4.69) is 46.5 Å². The van der Waals surface area contributed by atoms with Crippen molar-refractivity contribution in [2.75, 3.05) is 0 Å². The van der Waals surface area contributed by atoms with Crippen LogP contribution in [0.25, 0.3) is 0 Å². The van der Waals surface area contributed by atoms with Gasteiger partial charge in [0.2, 0.25) is 0 Å². The van der Waals surface area contributed by atoms with Gasteiger partial charge in [-0.1, -0.05) is 0 Å². The largest absolute Gasteiger partial charge is 0.305 e. The van der Waals surface area contributed by atoms with Gasteiger partial charge in [-0.15, -0.1) is 11.3 Å². The average Bonchev–Trinajstić information content (AvgIpc) is 2.85. The Balaban J connectivity index is 1.94. The third-order valence-corrected chi connectivity index (χ3v) is 3.17. The molecule has 0 atom stereocenters. The van der Waals surface area contributed by atoms with Crippen LogP contribution in [0.5, 0.6) is 0 Å². The van der Waals surface area contributed by atoms with Gasteiger partial charge in [-0.05, 0) is 27.7 Å². The second-order valence-corrected chi connectivity index (χ2v) is 6.38. The summed E-state index contributed by atoms with van der Waals surface area (Å²) in [5, 5.41) is 10.9. The van der Waals surface area contributed by atoms with E-state index in [1.807, 2.05) is 11.6 Å². The van der Waals surface area contributed by atoms with Crippen molar-refractivity contribution < 1.29 is 0 Å². The fourth-order valence-corrected chi connectivity index (χ4v) is 2.09.